The predicted molar refractivity (Wildman–Crippen MR) is 66.9 cm³/mol. The zero-order valence-corrected chi connectivity index (χ0v) is 9.90. The zero-order valence-electron chi connectivity index (χ0n) is 9.90. The van der Waals surface area contributed by atoms with E-state index in [1.165, 1.54) is 0 Å². The van der Waals surface area contributed by atoms with Gasteiger partial charge >= 0.3 is 0 Å². The van der Waals surface area contributed by atoms with Crippen LogP contribution in [-0.4, -0.2) is 31.8 Å². The van der Waals surface area contributed by atoms with Crippen molar-refractivity contribution in [3.63, 3.8) is 0 Å². The van der Waals surface area contributed by atoms with Gasteiger partial charge in [0.25, 0.3) is 0 Å². The summed E-state index contributed by atoms with van der Waals surface area (Å²) in [7, 11) is 1.61. The Hall–Kier alpha value is -1.84. The minimum Gasteiger partial charge on any atom is -0.497 e. The Morgan fingerprint density at radius 3 is 2.76 bits per heavy atom. The van der Waals surface area contributed by atoms with Crippen molar-refractivity contribution in [1.82, 2.24) is 5.32 Å². The summed E-state index contributed by atoms with van der Waals surface area (Å²) in [4.78, 5) is 16.2. The van der Waals surface area contributed by atoms with E-state index < -0.39 is 0 Å². The lowest BCUT2D eigenvalue weighted by Gasteiger charge is -2.13. The molecule has 1 aliphatic heterocycles. The third kappa shape index (κ3) is 3.06. The molecule has 0 saturated carbocycles. The number of nitrogens with zero attached hydrogens (tertiary/aromatic N) is 1. The average Bonchev–Trinajstić information content (AvgIpc) is 2.40. The van der Waals surface area contributed by atoms with Gasteiger partial charge in [-0.25, -0.2) is 0 Å². The van der Waals surface area contributed by atoms with Gasteiger partial charge in [0.05, 0.1) is 13.5 Å². The van der Waals surface area contributed by atoms with Crippen molar-refractivity contribution >= 4 is 11.6 Å². The van der Waals surface area contributed by atoms with E-state index in [-0.39, 0.29) is 5.78 Å². The van der Waals surface area contributed by atoms with E-state index in [4.69, 9.17) is 4.74 Å². The van der Waals surface area contributed by atoms with Crippen LogP contribution in [0.5, 0.6) is 5.75 Å². The lowest BCUT2D eigenvalue weighted by molar-refractivity contribution is 0.0999. The number of methoxy groups -OCH3 is 1. The van der Waals surface area contributed by atoms with Crippen molar-refractivity contribution in [2.45, 2.75) is 12.8 Å². The molecule has 0 atom stereocenters. The fourth-order valence-corrected chi connectivity index (χ4v) is 1.73. The number of nitrogens with one attached hydrogen (secondary N) is 1. The highest BCUT2D eigenvalue weighted by atomic mass is 16.5. The van der Waals surface area contributed by atoms with Gasteiger partial charge in [-0.05, 0) is 30.7 Å². The van der Waals surface area contributed by atoms with E-state index in [0.717, 1.165) is 31.1 Å². The minimum absolute atomic E-state index is 0.0841. The van der Waals surface area contributed by atoms with Gasteiger partial charge in [-0.1, -0.05) is 0 Å². The molecule has 17 heavy (non-hydrogen) atoms. The van der Waals surface area contributed by atoms with Gasteiger partial charge in [0.2, 0.25) is 0 Å². The largest absolute Gasteiger partial charge is 0.497 e. The average molecular weight is 232 g/mol. The van der Waals surface area contributed by atoms with Gasteiger partial charge in [-0.15, -0.1) is 0 Å². The summed E-state index contributed by atoms with van der Waals surface area (Å²) in [5, 5.41) is 3.15. The molecule has 90 valence electrons. The highest BCUT2D eigenvalue weighted by molar-refractivity contribution is 6.09. The number of carbonyl (C=O) groups excluding carboxylic acids is 1. The molecule has 0 radical (unpaired) electrons. The highest BCUT2D eigenvalue weighted by Gasteiger charge is 2.11. The molecule has 0 saturated heterocycles. The molecule has 0 amide bonds. The standard InChI is InChI=1S/C13H16N2O2/c1-17-11-5-3-10(4-6-11)12(16)9-13-14-7-2-8-15-13/h3-6H,2,7-9H2,1H3,(H,14,15). The van der Waals surface area contributed by atoms with Crippen molar-refractivity contribution in [3.8, 4) is 5.75 Å². The lowest BCUT2D eigenvalue weighted by Crippen LogP contribution is -2.31. The molecule has 1 aromatic rings. The number of Topliss-reactive ketones (excluding diaryl/α,β-unsaturated/α-hetero) is 1. The fraction of sp³-hybridized carbons (Fsp3) is 0.385. The van der Waals surface area contributed by atoms with Gasteiger partial charge in [-0.3, -0.25) is 9.79 Å². The number of rotatable bonds is 4. The van der Waals surface area contributed by atoms with E-state index in [1.54, 1.807) is 31.4 Å². The number of hydrogen-bond donors (Lipinski definition) is 1. The van der Waals surface area contributed by atoms with Crippen molar-refractivity contribution < 1.29 is 9.53 Å². The van der Waals surface area contributed by atoms with E-state index in [0.29, 0.717) is 12.0 Å². The van der Waals surface area contributed by atoms with Crippen LogP contribution in [0.15, 0.2) is 29.3 Å². The van der Waals surface area contributed by atoms with Gasteiger partial charge < -0.3 is 10.1 Å². The van der Waals surface area contributed by atoms with E-state index in [9.17, 15) is 4.79 Å². The van der Waals surface area contributed by atoms with Crippen LogP contribution in [0.2, 0.25) is 0 Å². The molecular weight excluding hydrogens is 216 g/mol. The summed E-state index contributed by atoms with van der Waals surface area (Å²) in [6.45, 7) is 1.73. The molecule has 0 aromatic heterocycles. The van der Waals surface area contributed by atoms with Crippen LogP contribution in [0.3, 0.4) is 0 Å². The first kappa shape index (κ1) is 11.6. The SMILES string of the molecule is COc1ccc(C(=O)CC2=NCCCN2)cc1. The molecule has 1 aliphatic rings. The van der Waals surface area contributed by atoms with Crippen LogP contribution in [0, 0.1) is 0 Å². The highest BCUT2D eigenvalue weighted by Crippen LogP contribution is 2.13. The van der Waals surface area contributed by atoms with Gasteiger partial charge in [0.15, 0.2) is 5.78 Å². The smallest absolute Gasteiger partial charge is 0.170 e. The number of ether oxygens (including phenoxy) is 1. The van der Waals surface area contributed by atoms with Crippen molar-refractivity contribution in [2.24, 2.45) is 4.99 Å². The van der Waals surface area contributed by atoms with Crippen molar-refractivity contribution in [3.05, 3.63) is 29.8 Å². The molecule has 2 rings (SSSR count). The zero-order chi connectivity index (χ0) is 12.1. The summed E-state index contributed by atoms with van der Waals surface area (Å²) in [5.41, 5.74) is 0.695. The topological polar surface area (TPSA) is 50.7 Å². The summed E-state index contributed by atoms with van der Waals surface area (Å²) in [6, 6.07) is 7.15. The number of ketones is 1. The Kier molecular flexibility index (Phi) is 3.75. The van der Waals surface area contributed by atoms with Crippen LogP contribution in [0.4, 0.5) is 0 Å². The van der Waals surface area contributed by atoms with Crippen LogP contribution in [0.25, 0.3) is 0 Å². The Balaban J connectivity index is 2.01. The quantitative estimate of drug-likeness (QED) is 0.803. The Morgan fingerprint density at radius 2 is 2.18 bits per heavy atom. The number of amidine groups is 1. The van der Waals surface area contributed by atoms with Crippen LogP contribution in [0.1, 0.15) is 23.2 Å². The molecule has 1 N–H and O–H groups in total. The number of benzene rings is 1. The number of aliphatic imine (C=N–C) groups is 1. The van der Waals surface area contributed by atoms with Crippen molar-refractivity contribution in [1.29, 1.82) is 0 Å². The number of carbonyl (C=O) groups is 1. The molecule has 4 heteroatoms. The third-order valence-electron chi connectivity index (χ3n) is 2.71. The monoisotopic (exact) mass is 232 g/mol. The lowest BCUT2D eigenvalue weighted by atomic mass is 10.1. The second kappa shape index (κ2) is 5.48. The summed E-state index contributed by atoms with van der Waals surface area (Å²) in [6.07, 6.45) is 1.40. The third-order valence-corrected chi connectivity index (χ3v) is 2.71. The molecule has 0 fully saturated rings. The first-order valence-corrected chi connectivity index (χ1v) is 5.74. The minimum atomic E-state index is 0.0841. The summed E-state index contributed by atoms with van der Waals surface area (Å²) < 4.78 is 5.05. The number of hydrogen-bond acceptors (Lipinski definition) is 4. The molecule has 0 spiro atoms. The Labute approximate surface area is 101 Å². The maximum atomic E-state index is 12.0. The maximum absolute atomic E-state index is 12.0. The fourth-order valence-electron chi connectivity index (χ4n) is 1.73. The van der Waals surface area contributed by atoms with Crippen LogP contribution in [-0.2, 0) is 0 Å². The summed E-state index contributed by atoms with van der Waals surface area (Å²) in [5.74, 6) is 1.65. The second-order valence-electron chi connectivity index (χ2n) is 3.94. The Morgan fingerprint density at radius 1 is 1.41 bits per heavy atom. The van der Waals surface area contributed by atoms with Gasteiger partial charge in [-0.2, -0.15) is 0 Å². The van der Waals surface area contributed by atoms with Crippen molar-refractivity contribution in [2.75, 3.05) is 20.2 Å². The van der Waals surface area contributed by atoms with Crippen LogP contribution >= 0.6 is 0 Å². The first-order valence-electron chi connectivity index (χ1n) is 5.74. The normalized spacial score (nSPS) is 14.8. The maximum Gasteiger partial charge on any atom is 0.170 e. The molecule has 0 bridgehead atoms. The van der Waals surface area contributed by atoms with Gasteiger partial charge in [0.1, 0.15) is 11.6 Å². The van der Waals surface area contributed by atoms with Gasteiger partial charge in [0, 0.05) is 18.7 Å². The molecule has 4 nitrogen and oxygen atoms in total. The van der Waals surface area contributed by atoms with E-state index in [1.807, 2.05) is 0 Å². The van der Waals surface area contributed by atoms with E-state index >= 15 is 0 Å². The molecule has 0 unspecified atom stereocenters. The summed E-state index contributed by atoms with van der Waals surface area (Å²) >= 11 is 0. The molecule has 0 aliphatic carbocycles. The second-order valence-corrected chi connectivity index (χ2v) is 3.94. The first-order chi connectivity index (χ1) is 8.29. The predicted octanol–water partition coefficient (Wildman–Crippen LogP) is 1.66. The molecule has 1 heterocycles. The molecular formula is C13H16N2O2. The van der Waals surface area contributed by atoms with E-state index in [2.05, 4.69) is 10.3 Å². The molecule has 1 aromatic carbocycles. The van der Waals surface area contributed by atoms with Crippen LogP contribution < -0.4 is 10.1 Å². The Bertz CT molecular complexity index is 424.